The maximum absolute atomic E-state index is 10.3. The number of aliphatic hydroxyl groups excluding tert-OH is 1. The number of benzene rings is 2. The molecule has 1 aliphatic heterocycles. The maximum atomic E-state index is 10.3. The predicted octanol–water partition coefficient (Wildman–Crippen LogP) is 3.56. The van der Waals surface area contributed by atoms with E-state index in [0.29, 0.717) is 25.0 Å². The first-order valence-corrected chi connectivity index (χ1v) is 8.63. The number of hydrogen-bond acceptors (Lipinski definition) is 3. The van der Waals surface area contributed by atoms with Gasteiger partial charge in [0.05, 0.1) is 0 Å². The van der Waals surface area contributed by atoms with Crippen molar-refractivity contribution in [1.29, 1.82) is 0 Å². The Morgan fingerprint density at radius 3 is 2.57 bits per heavy atom. The first kappa shape index (κ1) is 16.3. The number of fused-ring (bicyclic) bond motifs is 1. The lowest BCUT2D eigenvalue weighted by atomic mass is 9.92. The fourth-order valence-electron chi connectivity index (χ4n) is 3.80. The largest absolute Gasteiger partial charge is 0.490 e. The second-order valence-corrected chi connectivity index (χ2v) is 7.11. The highest BCUT2D eigenvalue weighted by atomic mass is 16.5. The summed E-state index contributed by atoms with van der Waals surface area (Å²) in [5.74, 6) is 2.28. The van der Waals surface area contributed by atoms with E-state index in [0.717, 1.165) is 29.6 Å². The molecule has 124 valence electrons. The summed E-state index contributed by atoms with van der Waals surface area (Å²) in [6, 6.07) is 14.2. The molecule has 2 aromatic rings. The lowest BCUT2D eigenvalue weighted by Gasteiger charge is -2.35. The van der Waals surface area contributed by atoms with Gasteiger partial charge in [-0.15, -0.1) is 0 Å². The van der Waals surface area contributed by atoms with Gasteiger partial charge in [0.1, 0.15) is 18.5 Å². The number of aliphatic hydroxyl groups is 1. The zero-order valence-corrected chi connectivity index (χ0v) is 14.1. The molecule has 2 aromatic carbocycles. The average molecular weight is 313 g/mol. The molecule has 0 aromatic heterocycles. The van der Waals surface area contributed by atoms with Gasteiger partial charge in [-0.1, -0.05) is 50.2 Å². The number of rotatable bonds is 5. The summed E-state index contributed by atoms with van der Waals surface area (Å²) in [5, 5.41) is 12.6. The maximum Gasteiger partial charge on any atom is 0.127 e. The highest BCUT2D eigenvalue weighted by molar-refractivity contribution is 5.88. The monoisotopic (exact) mass is 313 g/mol. The Balaban J connectivity index is 1.57. The molecule has 3 nitrogen and oxygen atoms in total. The van der Waals surface area contributed by atoms with Crippen LogP contribution in [0.2, 0.25) is 0 Å². The molecule has 0 spiro atoms. The minimum Gasteiger partial charge on any atom is -0.490 e. The Hall–Kier alpha value is -1.58. The van der Waals surface area contributed by atoms with Gasteiger partial charge in [0.15, 0.2) is 0 Å². The molecule has 0 saturated carbocycles. The quantitative estimate of drug-likeness (QED) is 0.916. The van der Waals surface area contributed by atoms with Gasteiger partial charge in [-0.05, 0) is 29.7 Å². The number of ether oxygens (including phenoxy) is 1. The molecule has 1 fully saturated rings. The van der Waals surface area contributed by atoms with Crippen LogP contribution in [-0.2, 0) is 0 Å². The molecule has 1 saturated heterocycles. The Morgan fingerprint density at radius 2 is 1.78 bits per heavy atom. The smallest absolute Gasteiger partial charge is 0.127 e. The van der Waals surface area contributed by atoms with Crippen molar-refractivity contribution >= 4 is 10.8 Å². The Kier molecular flexibility index (Phi) is 5.19. The van der Waals surface area contributed by atoms with E-state index in [1.807, 2.05) is 24.3 Å². The van der Waals surface area contributed by atoms with Crippen LogP contribution in [0, 0.1) is 11.8 Å². The van der Waals surface area contributed by atoms with Gasteiger partial charge in [-0.2, -0.15) is 0 Å². The molecular weight excluding hydrogens is 286 g/mol. The summed E-state index contributed by atoms with van der Waals surface area (Å²) in [5.41, 5.74) is 0. The summed E-state index contributed by atoms with van der Waals surface area (Å²) >= 11 is 0. The SMILES string of the molecule is C[C@@H]1C[C@@H](C)CN(C[C@@H](O)COc2cccc3ccccc23)C1. The third-order valence-corrected chi connectivity index (χ3v) is 4.59. The summed E-state index contributed by atoms with van der Waals surface area (Å²) in [6.07, 6.45) is 0.838. The van der Waals surface area contributed by atoms with Crippen molar-refractivity contribution < 1.29 is 9.84 Å². The van der Waals surface area contributed by atoms with E-state index in [4.69, 9.17) is 4.74 Å². The van der Waals surface area contributed by atoms with E-state index in [1.54, 1.807) is 0 Å². The molecule has 0 amide bonds. The van der Waals surface area contributed by atoms with Crippen LogP contribution in [0.15, 0.2) is 42.5 Å². The van der Waals surface area contributed by atoms with Crippen molar-refractivity contribution in [1.82, 2.24) is 4.90 Å². The zero-order valence-electron chi connectivity index (χ0n) is 14.1. The van der Waals surface area contributed by atoms with Crippen molar-refractivity contribution in [2.75, 3.05) is 26.2 Å². The number of hydrogen-bond donors (Lipinski definition) is 1. The second kappa shape index (κ2) is 7.33. The third-order valence-electron chi connectivity index (χ3n) is 4.59. The van der Waals surface area contributed by atoms with Crippen LogP contribution in [0.5, 0.6) is 5.75 Å². The van der Waals surface area contributed by atoms with Crippen LogP contribution in [0.4, 0.5) is 0 Å². The molecule has 23 heavy (non-hydrogen) atoms. The lowest BCUT2D eigenvalue weighted by molar-refractivity contribution is 0.0432. The molecule has 3 rings (SSSR count). The van der Waals surface area contributed by atoms with Gasteiger partial charge in [-0.25, -0.2) is 0 Å². The minimum absolute atomic E-state index is 0.341. The first-order valence-electron chi connectivity index (χ1n) is 8.63. The second-order valence-electron chi connectivity index (χ2n) is 7.11. The predicted molar refractivity (Wildman–Crippen MR) is 94.8 cm³/mol. The van der Waals surface area contributed by atoms with Gasteiger partial charge >= 0.3 is 0 Å². The molecule has 1 aliphatic rings. The summed E-state index contributed by atoms with van der Waals surface area (Å²) in [6.45, 7) is 7.78. The molecule has 1 heterocycles. The van der Waals surface area contributed by atoms with E-state index < -0.39 is 6.10 Å². The van der Waals surface area contributed by atoms with Crippen LogP contribution in [-0.4, -0.2) is 42.4 Å². The third kappa shape index (κ3) is 4.24. The summed E-state index contributed by atoms with van der Waals surface area (Å²) in [4.78, 5) is 2.37. The standard InChI is InChI=1S/C20H27NO2/c1-15-10-16(2)12-21(11-15)13-18(22)14-23-20-9-5-7-17-6-3-4-8-19(17)20/h3-9,15-16,18,22H,10-14H2,1-2H3/t15-,16-,18-/m1/s1. The van der Waals surface area contributed by atoms with Crippen molar-refractivity contribution in [3.8, 4) is 5.75 Å². The molecule has 1 N–H and O–H groups in total. The van der Waals surface area contributed by atoms with Crippen molar-refractivity contribution in [3.63, 3.8) is 0 Å². The molecule has 0 unspecified atom stereocenters. The molecule has 3 atom stereocenters. The van der Waals surface area contributed by atoms with Crippen LogP contribution in [0.25, 0.3) is 10.8 Å². The molecular formula is C20H27NO2. The van der Waals surface area contributed by atoms with Gasteiger partial charge in [0.2, 0.25) is 0 Å². The van der Waals surface area contributed by atoms with Crippen LogP contribution in [0.3, 0.4) is 0 Å². The molecule has 0 aliphatic carbocycles. The zero-order chi connectivity index (χ0) is 16.2. The van der Waals surface area contributed by atoms with Crippen LogP contribution < -0.4 is 4.74 Å². The van der Waals surface area contributed by atoms with Gasteiger partial charge < -0.3 is 14.7 Å². The fourth-order valence-corrected chi connectivity index (χ4v) is 3.80. The van der Waals surface area contributed by atoms with E-state index in [-0.39, 0.29) is 0 Å². The number of likely N-dealkylation sites (tertiary alicyclic amines) is 1. The fraction of sp³-hybridized carbons (Fsp3) is 0.500. The number of nitrogens with zero attached hydrogens (tertiary/aromatic N) is 1. The number of piperidine rings is 1. The average Bonchev–Trinajstić information content (AvgIpc) is 2.52. The topological polar surface area (TPSA) is 32.7 Å². The van der Waals surface area contributed by atoms with Crippen molar-refractivity contribution in [2.45, 2.75) is 26.4 Å². The van der Waals surface area contributed by atoms with Gasteiger partial charge in [-0.3, -0.25) is 0 Å². The highest BCUT2D eigenvalue weighted by Crippen LogP contribution is 2.25. The molecule has 3 heteroatoms. The molecule has 0 bridgehead atoms. The normalized spacial score (nSPS) is 23.8. The van der Waals surface area contributed by atoms with Crippen molar-refractivity contribution in [3.05, 3.63) is 42.5 Å². The lowest BCUT2D eigenvalue weighted by Crippen LogP contribution is -2.44. The Bertz CT molecular complexity index is 627. The van der Waals surface area contributed by atoms with Crippen LogP contribution in [0.1, 0.15) is 20.3 Å². The van der Waals surface area contributed by atoms with E-state index in [2.05, 4.69) is 36.9 Å². The van der Waals surface area contributed by atoms with Crippen molar-refractivity contribution in [2.24, 2.45) is 11.8 Å². The highest BCUT2D eigenvalue weighted by Gasteiger charge is 2.23. The summed E-state index contributed by atoms with van der Waals surface area (Å²) < 4.78 is 5.90. The number of β-amino-alcohol motifs (C(OH)–C–C–N with tert-alkyl or cyclic N) is 1. The van der Waals surface area contributed by atoms with Gasteiger partial charge in [0.25, 0.3) is 0 Å². The minimum atomic E-state index is -0.452. The first-order chi connectivity index (χ1) is 11.1. The van der Waals surface area contributed by atoms with E-state index in [9.17, 15) is 5.11 Å². The Labute approximate surface area is 138 Å². The van der Waals surface area contributed by atoms with E-state index in [1.165, 1.54) is 6.42 Å². The van der Waals surface area contributed by atoms with Gasteiger partial charge in [0, 0.05) is 25.0 Å². The van der Waals surface area contributed by atoms with Crippen LogP contribution >= 0.6 is 0 Å². The molecule has 0 radical (unpaired) electrons. The van der Waals surface area contributed by atoms with E-state index >= 15 is 0 Å². The summed E-state index contributed by atoms with van der Waals surface area (Å²) in [7, 11) is 0. The Morgan fingerprint density at radius 1 is 1.09 bits per heavy atom.